The Morgan fingerprint density at radius 2 is 1.85 bits per heavy atom. The SMILES string of the molecule is CCNCc1cccc(NC(=O)C(C)CS(=O)(=O)c2ccc(OC)cc2)c1. The van der Waals surface area contributed by atoms with E-state index in [1.165, 1.54) is 19.2 Å². The Hall–Kier alpha value is -2.38. The van der Waals surface area contributed by atoms with Crippen LogP contribution in [-0.2, 0) is 21.2 Å². The van der Waals surface area contributed by atoms with Gasteiger partial charge in [0.1, 0.15) is 5.75 Å². The highest BCUT2D eigenvalue weighted by atomic mass is 32.2. The summed E-state index contributed by atoms with van der Waals surface area (Å²) in [6, 6.07) is 13.7. The number of carbonyl (C=O) groups excluding carboxylic acids is 1. The fourth-order valence-electron chi connectivity index (χ4n) is 2.58. The van der Waals surface area contributed by atoms with Gasteiger partial charge in [-0.15, -0.1) is 0 Å². The summed E-state index contributed by atoms with van der Waals surface area (Å²) >= 11 is 0. The number of anilines is 1. The fourth-order valence-corrected chi connectivity index (χ4v) is 4.13. The number of nitrogens with one attached hydrogen (secondary N) is 2. The van der Waals surface area contributed by atoms with Crippen LogP contribution in [0.4, 0.5) is 5.69 Å². The predicted molar refractivity (Wildman–Crippen MR) is 107 cm³/mol. The van der Waals surface area contributed by atoms with Gasteiger partial charge >= 0.3 is 0 Å². The Balaban J connectivity index is 2.02. The van der Waals surface area contributed by atoms with Crippen molar-refractivity contribution >= 4 is 21.4 Å². The minimum atomic E-state index is -3.57. The summed E-state index contributed by atoms with van der Waals surface area (Å²) in [5.41, 5.74) is 1.71. The van der Waals surface area contributed by atoms with Gasteiger partial charge in [0.05, 0.1) is 17.8 Å². The number of methoxy groups -OCH3 is 1. The first-order valence-corrected chi connectivity index (χ1v) is 10.5. The third-order valence-electron chi connectivity index (χ3n) is 4.11. The largest absolute Gasteiger partial charge is 0.497 e. The van der Waals surface area contributed by atoms with Crippen LogP contribution >= 0.6 is 0 Å². The van der Waals surface area contributed by atoms with E-state index in [1.54, 1.807) is 25.1 Å². The van der Waals surface area contributed by atoms with Gasteiger partial charge in [-0.2, -0.15) is 0 Å². The molecule has 0 saturated carbocycles. The molecule has 2 N–H and O–H groups in total. The van der Waals surface area contributed by atoms with Gasteiger partial charge in [-0.25, -0.2) is 8.42 Å². The number of amides is 1. The number of benzene rings is 2. The van der Waals surface area contributed by atoms with E-state index in [1.807, 2.05) is 25.1 Å². The van der Waals surface area contributed by atoms with Crippen molar-refractivity contribution in [2.45, 2.75) is 25.3 Å². The minimum Gasteiger partial charge on any atom is -0.497 e. The van der Waals surface area contributed by atoms with E-state index >= 15 is 0 Å². The zero-order valence-corrected chi connectivity index (χ0v) is 16.7. The van der Waals surface area contributed by atoms with Crippen molar-refractivity contribution in [3.63, 3.8) is 0 Å². The summed E-state index contributed by atoms with van der Waals surface area (Å²) in [6.07, 6.45) is 0. The maximum atomic E-state index is 12.5. The highest BCUT2D eigenvalue weighted by Crippen LogP contribution is 2.19. The lowest BCUT2D eigenvalue weighted by Gasteiger charge is -2.14. The second-order valence-corrected chi connectivity index (χ2v) is 8.36. The van der Waals surface area contributed by atoms with Crippen LogP contribution in [-0.4, -0.2) is 33.7 Å². The van der Waals surface area contributed by atoms with Crippen molar-refractivity contribution in [2.24, 2.45) is 5.92 Å². The minimum absolute atomic E-state index is 0.176. The van der Waals surface area contributed by atoms with Crippen LogP contribution in [0.2, 0.25) is 0 Å². The van der Waals surface area contributed by atoms with E-state index < -0.39 is 15.8 Å². The van der Waals surface area contributed by atoms with Crippen molar-refractivity contribution in [3.8, 4) is 5.75 Å². The smallest absolute Gasteiger partial charge is 0.228 e. The Bertz CT molecular complexity index is 864. The third-order valence-corrected chi connectivity index (χ3v) is 6.04. The molecule has 0 spiro atoms. The molecule has 7 heteroatoms. The van der Waals surface area contributed by atoms with Gasteiger partial charge in [0.2, 0.25) is 5.91 Å². The van der Waals surface area contributed by atoms with Crippen LogP contribution in [0, 0.1) is 5.92 Å². The summed E-state index contributed by atoms with van der Waals surface area (Å²) in [6.45, 7) is 5.20. The average molecular weight is 391 g/mol. The predicted octanol–water partition coefficient (Wildman–Crippen LogP) is 2.85. The Morgan fingerprint density at radius 1 is 1.15 bits per heavy atom. The highest BCUT2D eigenvalue weighted by molar-refractivity contribution is 7.91. The molecule has 6 nitrogen and oxygen atoms in total. The van der Waals surface area contributed by atoms with E-state index in [0.29, 0.717) is 18.0 Å². The van der Waals surface area contributed by atoms with Crippen molar-refractivity contribution in [1.82, 2.24) is 5.32 Å². The van der Waals surface area contributed by atoms with Crippen LogP contribution in [0.25, 0.3) is 0 Å². The summed E-state index contributed by atoms with van der Waals surface area (Å²) in [5.74, 6) is -0.693. The molecule has 0 radical (unpaired) electrons. The lowest BCUT2D eigenvalue weighted by molar-refractivity contribution is -0.118. The molecular formula is C20H26N2O4S. The average Bonchev–Trinajstić information content (AvgIpc) is 2.66. The first-order valence-electron chi connectivity index (χ1n) is 8.83. The number of ether oxygens (including phenoxy) is 1. The quantitative estimate of drug-likeness (QED) is 0.688. The van der Waals surface area contributed by atoms with Gasteiger partial charge < -0.3 is 15.4 Å². The molecule has 0 fully saturated rings. The summed E-state index contributed by atoms with van der Waals surface area (Å²) in [5, 5.41) is 6.02. The van der Waals surface area contributed by atoms with E-state index in [0.717, 1.165) is 12.1 Å². The van der Waals surface area contributed by atoms with Crippen molar-refractivity contribution in [2.75, 3.05) is 24.7 Å². The van der Waals surface area contributed by atoms with Crippen molar-refractivity contribution in [1.29, 1.82) is 0 Å². The molecule has 2 aromatic carbocycles. The Kier molecular flexibility index (Phi) is 7.38. The molecule has 2 aromatic rings. The van der Waals surface area contributed by atoms with Crippen molar-refractivity contribution in [3.05, 3.63) is 54.1 Å². The lowest BCUT2D eigenvalue weighted by atomic mass is 10.1. The maximum Gasteiger partial charge on any atom is 0.228 e. The molecule has 27 heavy (non-hydrogen) atoms. The van der Waals surface area contributed by atoms with Crippen LogP contribution in [0.15, 0.2) is 53.4 Å². The molecule has 0 aliphatic heterocycles. The number of hydrogen-bond donors (Lipinski definition) is 2. The van der Waals surface area contributed by atoms with E-state index in [9.17, 15) is 13.2 Å². The molecule has 2 rings (SSSR count). The molecule has 1 amide bonds. The standard InChI is InChI=1S/C20H26N2O4S/c1-4-21-13-16-6-5-7-17(12-16)22-20(23)15(2)14-27(24,25)19-10-8-18(26-3)9-11-19/h5-12,15,21H,4,13-14H2,1-3H3,(H,22,23). The second-order valence-electron chi connectivity index (χ2n) is 6.33. The molecular weight excluding hydrogens is 364 g/mol. The van der Waals surface area contributed by atoms with Gasteiger partial charge in [0.25, 0.3) is 0 Å². The topological polar surface area (TPSA) is 84.5 Å². The zero-order chi connectivity index (χ0) is 19.9. The number of hydrogen-bond acceptors (Lipinski definition) is 5. The number of carbonyl (C=O) groups is 1. The van der Waals surface area contributed by atoms with Crippen LogP contribution < -0.4 is 15.4 Å². The van der Waals surface area contributed by atoms with E-state index in [-0.39, 0.29) is 16.6 Å². The van der Waals surface area contributed by atoms with Crippen LogP contribution in [0.1, 0.15) is 19.4 Å². The first-order chi connectivity index (χ1) is 12.9. The van der Waals surface area contributed by atoms with Crippen molar-refractivity contribution < 1.29 is 17.9 Å². The summed E-state index contributed by atoms with van der Waals surface area (Å²) in [4.78, 5) is 12.6. The lowest BCUT2D eigenvalue weighted by Crippen LogP contribution is -2.27. The molecule has 0 heterocycles. The Labute approximate surface area is 160 Å². The van der Waals surface area contributed by atoms with E-state index in [4.69, 9.17) is 4.74 Å². The molecule has 0 aliphatic rings. The molecule has 1 atom stereocenters. The van der Waals surface area contributed by atoms with Crippen LogP contribution in [0.5, 0.6) is 5.75 Å². The normalized spacial score (nSPS) is 12.4. The zero-order valence-electron chi connectivity index (χ0n) is 15.9. The van der Waals surface area contributed by atoms with Gasteiger partial charge in [-0.05, 0) is 48.5 Å². The molecule has 146 valence electrons. The maximum absolute atomic E-state index is 12.5. The Morgan fingerprint density at radius 3 is 2.48 bits per heavy atom. The summed E-state index contributed by atoms with van der Waals surface area (Å²) < 4.78 is 30.1. The fraction of sp³-hybridized carbons (Fsp3) is 0.350. The molecule has 0 bridgehead atoms. The van der Waals surface area contributed by atoms with Gasteiger partial charge in [0.15, 0.2) is 9.84 Å². The van der Waals surface area contributed by atoms with Crippen LogP contribution in [0.3, 0.4) is 0 Å². The molecule has 0 aliphatic carbocycles. The number of sulfone groups is 1. The van der Waals surface area contributed by atoms with E-state index in [2.05, 4.69) is 10.6 Å². The van der Waals surface area contributed by atoms with Gasteiger partial charge in [0, 0.05) is 18.2 Å². The third kappa shape index (κ3) is 6.08. The molecule has 1 unspecified atom stereocenters. The monoisotopic (exact) mass is 390 g/mol. The number of rotatable bonds is 9. The molecule has 0 saturated heterocycles. The van der Waals surface area contributed by atoms with Gasteiger partial charge in [-0.3, -0.25) is 4.79 Å². The summed E-state index contributed by atoms with van der Waals surface area (Å²) in [7, 11) is -2.05. The highest BCUT2D eigenvalue weighted by Gasteiger charge is 2.23. The first kappa shape index (κ1) is 20.9. The second kappa shape index (κ2) is 9.53. The van der Waals surface area contributed by atoms with Gasteiger partial charge in [-0.1, -0.05) is 26.0 Å². The molecule has 0 aromatic heterocycles.